The molecule has 0 aromatic carbocycles. The van der Waals surface area contributed by atoms with E-state index in [1.165, 1.54) is 12.8 Å². The first kappa shape index (κ1) is 11.1. The van der Waals surface area contributed by atoms with Crippen molar-refractivity contribution in [3.63, 3.8) is 0 Å². The summed E-state index contributed by atoms with van der Waals surface area (Å²) >= 11 is 0. The minimum absolute atomic E-state index is 0.265. The van der Waals surface area contributed by atoms with Crippen LogP contribution in [0.15, 0.2) is 0 Å². The molecule has 1 aliphatic heterocycles. The number of nitrogens with one attached hydrogen (secondary N) is 2. The van der Waals surface area contributed by atoms with Gasteiger partial charge < -0.3 is 10.6 Å². The Morgan fingerprint density at radius 3 is 3.00 bits per heavy atom. The molecular weight excluding hydrogens is 184 g/mol. The zero-order valence-corrected chi connectivity index (χ0v) is 9.32. The van der Waals surface area contributed by atoms with E-state index >= 15 is 0 Å². The van der Waals surface area contributed by atoms with E-state index in [0.29, 0.717) is 6.04 Å². The third kappa shape index (κ3) is 4.20. The number of rotatable bonds is 5. The summed E-state index contributed by atoms with van der Waals surface area (Å²) in [5, 5.41) is 7.04. The van der Waals surface area contributed by atoms with Gasteiger partial charge in [0.2, 0.25) is 0 Å². The molecule has 1 fully saturated rings. The van der Waals surface area contributed by atoms with Crippen molar-refractivity contribution in [2.75, 3.05) is 25.9 Å². The molecule has 0 radical (unpaired) electrons. The Labute approximate surface area is 83.1 Å². The first-order valence-electron chi connectivity index (χ1n) is 4.96. The van der Waals surface area contributed by atoms with E-state index in [2.05, 4.69) is 10.6 Å². The van der Waals surface area contributed by atoms with Crippen LogP contribution in [-0.4, -0.2) is 41.4 Å². The molecule has 4 heteroatoms. The van der Waals surface area contributed by atoms with Crippen molar-refractivity contribution in [1.82, 2.24) is 10.6 Å². The second-order valence-electron chi connectivity index (χ2n) is 3.76. The smallest absolute Gasteiger partial charge is 0.0441 e. The van der Waals surface area contributed by atoms with Gasteiger partial charge >= 0.3 is 0 Å². The molecule has 0 aromatic heterocycles. The van der Waals surface area contributed by atoms with E-state index in [1.807, 2.05) is 6.92 Å². The molecule has 0 saturated carbocycles. The van der Waals surface area contributed by atoms with Crippen molar-refractivity contribution < 1.29 is 4.21 Å². The second kappa shape index (κ2) is 5.73. The van der Waals surface area contributed by atoms with Crippen LogP contribution >= 0.6 is 0 Å². The molecule has 3 atom stereocenters. The molecule has 0 aliphatic carbocycles. The Morgan fingerprint density at radius 2 is 2.46 bits per heavy atom. The predicted molar refractivity (Wildman–Crippen MR) is 57.4 cm³/mol. The Morgan fingerprint density at radius 1 is 1.69 bits per heavy atom. The zero-order chi connectivity index (χ0) is 9.68. The lowest BCUT2D eigenvalue weighted by molar-refractivity contribution is 0.535. The molecule has 1 aliphatic rings. The monoisotopic (exact) mass is 204 g/mol. The van der Waals surface area contributed by atoms with Crippen molar-refractivity contribution >= 4 is 10.8 Å². The standard InChI is InChI=1S/C9H20N2OS/c1-8(13(2)12)6-10-7-9-4-3-5-11-9/h8-11H,3-7H2,1-2H3. The number of hydrogen-bond donors (Lipinski definition) is 2. The number of hydrogen-bond acceptors (Lipinski definition) is 3. The third-order valence-electron chi connectivity index (χ3n) is 2.55. The Hall–Kier alpha value is 0.0700. The van der Waals surface area contributed by atoms with Gasteiger partial charge in [-0.1, -0.05) is 0 Å². The maximum absolute atomic E-state index is 11.0. The van der Waals surface area contributed by atoms with Crippen LogP contribution in [0.4, 0.5) is 0 Å². The summed E-state index contributed by atoms with van der Waals surface area (Å²) in [6, 6.07) is 0.637. The normalized spacial score (nSPS) is 27.4. The van der Waals surface area contributed by atoms with Crippen molar-refractivity contribution in [3.8, 4) is 0 Å². The van der Waals surface area contributed by atoms with Crippen molar-refractivity contribution in [2.24, 2.45) is 0 Å². The average Bonchev–Trinajstić information content (AvgIpc) is 2.56. The van der Waals surface area contributed by atoms with Crippen molar-refractivity contribution in [1.29, 1.82) is 0 Å². The largest absolute Gasteiger partial charge is 0.314 e. The summed E-state index contributed by atoms with van der Waals surface area (Å²) < 4.78 is 11.0. The molecule has 0 amide bonds. The fraction of sp³-hybridized carbons (Fsp3) is 1.00. The molecule has 1 saturated heterocycles. The molecule has 2 N–H and O–H groups in total. The maximum atomic E-state index is 11.0. The predicted octanol–water partition coefficient (Wildman–Crippen LogP) is 0.0950. The molecular formula is C9H20N2OS. The first-order chi connectivity index (χ1) is 6.20. The fourth-order valence-electron chi connectivity index (χ4n) is 1.51. The Balaban J connectivity index is 2.02. The molecule has 78 valence electrons. The van der Waals surface area contributed by atoms with Gasteiger partial charge in [0.25, 0.3) is 0 Å². The van der Waals surface area contributed by atoms with Crippen LogP contribution in [0, 0.1) is 0 Å². The van der Waals surface area contributed by atoms with E-state index in [4.69, 9.17) is 0 Å². The summed E-state index contributed by atoms with van der Waals surface area (Å²) in [6.45, 7) is 5.05. The molecule has 0 spiro atoms. The molecule has 0 aromatic rings. The highest BCUT2D eigenvalue weighted by Crippen LogP contribution is 2.03. The van der Waals surface area contributed by atoms with E-state index in [1.54, 1.807) is 6.26 Å². The lowest BCUT2D eigenvalue weighted by Crippen LogP contribution is -2.37. The van der Waals surface area contributed by atoms with Crippen LogP contribution in [0.1, 0.15) is 19.8 Å². The SMILES string of the molecule is CC(CNCC1CCCN1)S(C)=O. The molecule has 13 heavy (non-hydrogen) atoms. The molecule has 3 nitrogen and oxygen atoms in total. The molecule has 3 unspecified atom stereocenters. The molecule has 1 rings (SSSR count). The molecule has 0 bridgehead atoms. The van der Waals surface area contributed by atoms with Gasteiger partial charge in [-0.2, -0.15) is 0 Å². The Bertz CT molecular complexity index is 169. The average molecular weight is 204 g/mol. The van der Waals surface area contributed by atoms with Crippen LogP contribution in [0.2, 0.25) is 0 Å². The van der Waals surface area contributed by atoms with Gasteiger partial charge in [0, 0.05) is 41.4 Å². The fourth-order valence-corrected chi connectivity index (χ4v) is 1.86. The Kier molecular flexibility index (Phi) is 4.91. The van der Waals surface area contributed by atoms with Gasteiger partial charge in [-0.15, -0.1) is 0 Å². The lowest BCUT2D eigenvalue weighted by atomic mass is 10.2. The minimum atomic E-state index is -0.696. The van der Waals surface area contributed by atoms with Gasteiger partial charge in [0.1, 0.15) is 0 Å². The van der Waals surface area contributed by atoms with Crippen LogP contribution in [0.3, 0.4) is 0 Å². The maximum Gasteiger partial charge on any atom is 0.0441 e. The van der Waals surface area contributed by atoms with E-state index in [9.17, 15) is 4.21 Å². The quantitative estimate of drug-likeness (QED) is 0.667. The second-order valence-corrected chi connectivity index (χ2v) is 5.56. The topological polar surface area (TPSA) is 41.1 Å². The van der Waals surface area contributed by atoms with Gasteiger partial charge in [0.15, 0.2) is 0 Å². The van der Waals surface area contributed by atoms with Crippen LogP contribution < -0.4 is 10.6 Å². The van der Waals surface area contributed by atoms with Crippen molar-refractivity contribution in [2.45, 2.75) is 31.1 Å². The van der Waals surface area contributed by atoms with E-state index in [-0.39, 0.29) is 5.25 Å². The first-order valence-corrected chi connectivity index (χ1v) is 6.58. The summed E-state index contributed by atoms with van der Waals surface area (Å²) in [6.07, 6.45) is 4.33. The summed E-state index contributed by atoms with van der Waals surface area (Å²) in [7, 11) is -0.696. The summed E-state index contributed by atoms with van der Waals surface area (Å²) in [4.78, 5) is 0. The highest BCUT2D eigenvalue weighted by molar-refractivity contribution is 7.84. The van der Waals surface area contributed by atoms with E-state index in [0.717, 1.165) is 19.6 Å². The van der Waals surface area contributed by atoms with Crippen LogP contribution in [0.25, 0.3) is 0 Å². The zero-order valence-electron chi connectivity index (χ0n) is 8.51. The summed E-state index contributed by atoms with van der Waals surface area (Å²) in [5.41, 5.74) is 0. The minimum Gasteiger partial charge on any atom is -0.314 e. The van der Waals surface area contributed by atoms with Gasteiger partial charge in [-0.25, -0.2) is 0 Å². The summed E-state index contributed by atoms with van der Waals surface area (Å²) in [5.74, 6) is 0. The van der Waals surface area contributed by atoms with E-state index < -0.39 is 10.8 Å². The third-order valence-corrected chi connectivity index (χ3v) is 3.85. The highest BCUT2D eigenvalue weighted by atomic mass is 32.2. The van der Waals surface area contributed by atoms with Gasteiger partial charge in [-0.05, 0) is 26.3 Å². The van der Waals surface area contributed by atoms with Crippen LogP contribution in [0.5, 0.6) is 0 Å². The lowest BCUT2D eigenvalue weighted by Gasteiger charge is -2.13. The van der Waals surface area contributed by atoms with Gasteiger partial charge in [0.05, 0.1) is 0 Å². The van der Waals surface area contributed by atoms with Crippen LogP contribution in [-0.2, 0) is 10.8 Å². The van der Waals surface area contributed by atoms with Gasteiger partial charge in [-0.3, -0.25) is 4.21 Å². The highest BCUT2D eigenvalue weighted by Gasteiger charge is 2.13. The van der Waals surface area contributed by atoms with Crippen molar-refractivity contribution in [3.05, 3.63) is 0 Å². The molecule has 1 heterocycles.